The second-order valence-electron chi connectivity index (χ2n) is 4.25. The molecule has 86 valence electrons. The molecule has 0 spiro atoms. The number of methoxy groups -OCH3 is 1. The minimum Gasteiger partial charge on any atom is -0.497 e. The zero-order valence-corrected chi connectivity index (χ0v) is 9.49. The minimum atomic E-state index is -0.120. The van der Waals surface area contributed by atoms with E-state index in [0.717, 1.165) is 6.42 Å². The van der Waals surface area contributed by atoms with Crippen LogP contribution in [0.3, 0.4) is 0 Å². The second kappa shape index (κ2) is 4.04. The van der Waals surface area contributed by atoms with Gasteiger partial charge in [-0.05, 0) is 30.5 Å². The molecule has 1 aromatic rings. The van der Waals surface area contributed by atoms with Crippen LogP contribution in [0.15, 0.2) is 18.2 Å². The van der Waals surface area contributed by atoms with Gasteiger partial charge in [0.05, 0.1) is 12.7 Å². The standard InChI is InChI=1S/C12H16N2O2/c1-7-5-11(7)14-12(15)9-6-8(16-2)3-4-10(9)13/h3-4,6-7,11H,5,13H2,1-2H3,(H,14,15). The lowest BCUT2D eigenvalue weighted by atomic mass is 10.1. The quantitative estimate of drug-likeness (QED) is 0.757. The number of rotatable bonds is 3. The molecule has 0 heterocycles. The van der Waals surface area contributed by atoms with Gasteiger partial charge in [-0.15, -0.1) is 0 Å². The van der Waals surface area contributed by atoms with Gasteiger partial charge in [0.15, 0.2) is 0 Å². The Morgan fingerprint density at radius 3 is 2.81 bits per heavy atom. The monoisotopic (exact) mass is 220 g/mol. The summed E-state index contributed by atoms with van der Waals surface area (Å²) >= 11 is 0. The molecule has 0 aliphatic heterocycles. The van der Waals surface area contributed by atoms with Gasteiger partial charge in [-0.25, -0.2) is 0 Å². The molecule has 1 amide bonds. The van der Waals surface area contributed by atoms with E-state index >= 15 is 0 Å². The van der Waals surface area contributed by atoms with E-state index in [1.54, 1.807) is 25.3 Å². The van der Waals surface area contributed by atoms with Crippen LogP contribution in [0.1, 0.15) is 23.7 Å². The summed E-state index contributed by atoms with van der Waals surface area (Å²) in [7, 11) is 1.57. The van der Waals surface area contributed by atoms with Crippen molar-refractivity contribution in [1.82, 2.24) is 5.32 Å². The maximum absolute atomic E-state index is 11.9. The van der Waals surface area contributed by atoms with Crippen LogP contribution in [0, 0.1) is 5.92 Å². The first-order chi connectivity index (χ1) is 7.61. The molecule has 3 N–H and O–H groups in total. The third kappa shape index (κ3) is 2.10. The van der Waals surface area contributed by atoms with Crippen molar-refractivity contribution in [3.8, 4) is 5.75 Å². The van der Waals surface area contributed by atoms with Crippen LogP contribution in [0.25, 0.3) is 0 Å². The summed E-state index contributed by atoms with van der Waals surface area (Å²) in [6, 6.07) is 5.39. The van der Waals surface area contributed by atoms with Crippen LogP contribution in [-0.2, 0) is 0 Å². The van der Waals surface area contributed by atoms with E-state index in [2.05, 4.69) is 12.2 Å². The Bertz CT molecular complexity index is 417. The Kier molecular flexibility index (Phi) is 2.73. The fraction of sp³-hybridized carbons (Fsp3) is 0.417. The van der Waals surface area contributed by atoms with Crippen LogP contribution in [0.4, 0.5) is 5.69 Å². The average Bonchev–Trinajstić information content (AvgIpc) is 2.94. The highest BCUT2D eigenvalue weighted by Crippen LogP contribution is 2.30. The maximum Gasteiger partial charge on any atom is 0.253 e. The number of hydrogen-bond acceptors (Lipinski definition) is 3. The normalized spacial score (nSPS) is 22.6. The van der Waals surface area contributed by atoms with Crippen LogP contribution < -0.4 is 15.8 Å². The molecule has 1 saturated carbocycles. The molecule has 1 aliphatic rings. The molecule has 4 heteroatoms. The van der Waals surface area contributed by atoms with Gasteiger partial charge in [-0.1, -0.05) is 6.92 Å². The van der Waals surface area contributed by atoms with Gasteiger partial charge in [0, 0.05) is 11.7 Å². The second-order valence-corrected chi connectivity index (χ2v) is 4.25. The van der Waals surface area contributed by atoms with Crippen molar-refractivity contribution in [2.75, 3.05) is 12.8 Å². The molecule has 0 saturated heterocycles. The summed E-state index contributed by atoms with van der Waals surface area (Å²) in [6.07, 6.45) is 1.05. The largest absolute Gasteiger partial charge is 0.497 e. The molecule has 4 nitrogen and oxygen atoms in total. The first-order valence-electron chi connectivity index (χ1n) is 5.36. The zero-order valence-electron chi connectivity index (χ0n) is 9.49. The number of amides is 1. The van der Waals surface area contributed by atoms with Gasteiger partial charge in [-0.3, -0.25) is 4.79 Å². The molecule has 16 heavy (non-hydrogen) atoms. The van der Waals surface area contributed by atoms with Crippen molar-refractivity contribution in [3.05, 3.63) is 23.8 Å². The van der Waals surface area contributed by atoms with Crippen molar-refractivity contribution >= 4 is 11.6 Å². The first-order valence-corrected chi connectivity index (χ1v) is 5.36. The van der Waals surface area contributed by atoms with Gasteiger partial charge in [-0.2, -0.15) is 0 Å². The molecule has 2 unspecified atom stereocenters. The summed E-state index contributed by atoms with van der Waals surface area (Å²) in [4.78, 5) is 11.9. The van der Waals surface area contributed by atoms with Gasteiger partial charge >= 0.3 is 0 Å². The number of nitrogens with one attached hydrogen (secondary N) is 1. The van der Waals surface area contributed by atoms with E-state index in [4.69, 9.17) is 10.5 Å². The van der Waals surface area contributed by atoms with Gasteiger partial charge in [0.2, 0.25) is 0 Å². The molecule has 1 fully saturated rings. The Balaban J connectivity index is 2.14. The number of ether oxygens (including phenoxy) is 1. The zero-order chi connectivity index (χ0) is 11.7. The van der Waals surface area contributed by atoms with E-state index < -0.39 is 0 Å². The van der Waals surface area contributed by atoms with Crippen LogP contribution in [-0.4, -0.2) is 19.1 Å². The predicted molar refractivity (Wildman–Crippen MR) is 62.4 cm³/mol. The summed E-state index contributed by atoms with van der Waals surface area (Å²) < 4.78 is 5.07. The summed E-state index contributed by atoms with van der Waals surface area (Å²) in [6.45, 7) is 2.11. The third-order valence-corrected chi connectivity index (χ3v) is 2.93. The molecule has 0 bridgehead atoms. The number of nitrogens with two attached hydrogens (primary N) is 1. The number of carbonyl (C=O) groups excluding carboxylic acids is 1. The Morgan fingerprint density at radius 2 is 2.25 bits per heavy atom. The molecular weight excluding hydrogens is 204 g/mol. The highest BCUT2D eigenvalue weighted by atomic mass is 16.5. The summed E-state index contributed by atoms with van der Waals surface area (Å²) in [5.74, 6) is 1.10. The van der Waals surface area contributed by atoms with Crippen molar-refractivity contribution in [1.29, 1.82) is 0 Å². The van der Waals surface area contributed by atoms with Crippen molar-refractivity contribution < 1.29 is 9.53 Å². The predicted octanol–water partition coefficient (Wildman–Crippen LogP) is 1.42. The van der Waals surface area contributed by atoms with E-state index in [1.807, 2.05) is 0 Å². The van der Waals surface area contributed by atoms with Crippen molar-refractivity contribution in [3.63, 3.8) is 0 Å². The van der Waals surface area contributed by atoms with E-state index in [0.29, 0.717) is 29.0 Å². The van der Waals surface area contributed by atoms with Crippen LogP contribution in [0.2, 0.25) is 0 Å². The molecule has 2 atom stereocenters. The molecule has 0 aromatic heterocycles. The van der Waals surface area contributed by atoms with Crippen LogP contribution >= 0.6 is 0 Å². The lowest BCUT2D eigenvalue weighted by Crippen LogP contribution is -2.27. The number of benzene rings is 1. The van der Waals surface area contributed by atoms with Gasteiger partial charge in [0.1, 0.15) is 5.75 Å². The average molecular weight is 220 g/mol. The lowest BCUT2D eigenvalue weighted by Gasteiger charge is -2.08. The Labute approximate surface area is 94.8 Å². The summed E-state index contributed by atoms with van der Waals surface area (Å²) in [5, 5.41) is 2.94. The fourth-order valence-electron chi connectivity index (χ4n) is 1.63. The first kappa shape index (κ1) is 10.8. The summed E-state index contributed by atoms with van der Waals surface area (Å²) in [5.41, 5.74) is 6.72. The highest BCUT2D eigenvalue weighted by Gasteiger charge is 2.34. The maximum atomic E-state index is 11.9. The van der Waals surface area contributed by atoms with Crippen molar-refractivity contribution in [2.24, 2.45) is 5.92 Å². The number of hydrogen-bond donors (Lipinski definition) is 2. The SMILES string of the molecule is COc1ccc(N)c(C(=O)NC2CC2C)c1. The smallest absolute Gasteiger partial charge is 0.253 e. The molecular formula is C12H16N2O2. The van der Waals surface area contributed by atoms with E-state index in [1.165, 1.54) is 0 Å². The molecule has 1 aromatic carbocycles. The minimum absolute atomic E-state index is 0.120. The Hall–Kier alpha value is -1.71. The van der Waals surface area contributed by atoms with Crippen LogP contribution in [0.5, 0.6) is 5.75 Å². The topological polar surface area (TPSA) is 64.3 Å². The number of carbonyl (C=O) groups is 1. The van der Waals surface area contributed by atoms with E-state index in [9.17, 15) is 4.79 Å². The Morgan fingerprint density at radius 1 is 1.56 bits per heavy atom. The molecule has 2 rings (SSSR count). The number of anilines is 1. The fourth-order valence-corrected chi connectivity index (χ4v) is 1.63. The van der Waals surface area contributed by atoms with Gasteiger partial charge in [0.25, 0.3) is 5.91 Å². The van der Waals surface area contributed by atoms with E-state index in [-0.39, 0.29) is 5.91 Å². The van der Waals surface area contributed by atoms with Gasteiger partial charge < -0.3 is 15.8 Å². The molecule has 1 aliphatic carbocycles. The third-order valence-electron chi connectivity index (χ3n) is 2.93. The molecule has 0 radical (unpaired) electrons. The lowest BCUT2D eigenvalue weighted by molar-refractivity contribution is 0.0950. The number of nitrogen functional groups attached to an aromatic ring is 1. The van der Waals surface area contributed by atoms with Crippen molar-refractivity contribution in [2.45, 2.75) is 19.4 Å². The highest BCUT2D eigenvalue weighted by molar-refractivity contribution is 5.99.